The molecule has 0 saturated carbocycles. The molecule has 0 radical (unpaired) electrons. The molecule has 0 atom stereocenters. The van der Waals surface area contributed by atoms with Gasteiger partial charge in [0.25, 0.3) is 5.56 Å². The molecule has 7 heteroatoms. The molecule has 1 heterocycles. The monoisotopic (exact) mass is 350 g/mol. The van der Waals surface area contributed by atoms with Crippen LogP contribution in [0, 0.1) is 11.3 Å². The number of nitriles is 1. The zero-order chi connectivity index (χ0) is 17.0. The predicted octanol–water partition coefficient (Wildman–Crippen LogP) is 3.29. The van der Waals surface area contributed by atoms with Crippen LogP contribution in [-0.2, 0) is 13.2 Å². The van der Waals surface area contributed by atoms with Crippen LogP contribution in [0.1, 0.15) is 25.0 Å². The van der Waals surface area contributed by atoms with Gasteiger partial charge in [-0.1, -0.05) is 35.3 Å². The van der Waals surface area contributed by atoms with E-state index >= 15 is 0 Å². The van der Waals surface area contributed by atoms with Crippen molar-refractivity contribution in [2.24, 2.45) is 0 Å². The minimum absolute atomic E-state index is 0.0243. The molecule has 0 saturated heterocycles. The Balaban J connectivity index is 2.21. The van der Waals surface area contributed by atoms with Crippen LogP contribution < -0.4 is 5.56 Å². The molecule has 23 heavy (non-hydrogen) atoms. The van der Waals surface area contributed by atoms with Crippen molar-refractivity contribution in [1.82, 2.24) is 14.7 Å². The molecule has 1 aromatic heterocycles. The summed E-state index contributed by atoms with van der Waals surface area (Å²) in [5.74, 6) is 0. The Morgan fingerprint density at radius 2 is 1.96 bits per heavy atom. The lowest BCUT2D eigenvalue weighted by Gasteiger charge is -2.26. The molecule has 0 aliphatic heterocycles. The first-order valence-corrected chi connectivity index (χ1v) is 7.82. The molecule has 120 valence electrons. The van der Waals surface area contributed by atoms with Crippen molar-refractivity contribution >= 4 is 23.2 Å². The van der Waals surface area contributed by atoms with Gasteiger partial charge < -0.3 is 0 Å². The van der Waals surface area contributed by atoms with Gasteiger partial charge in [-0.05, 0) is 31.5 Å². The SMILES string of the molecule is CC(C)N(Cc1ccc(C#N)cc1)Cn1ncc(Cl)c(Cl)c1=O. The summed E-state index contributed by atoms with van der Waals surface area (Å²) in [5, 5.41) is 13.0. The van der Waals surface area contributed by atoms with E-state index in [1.807, 2.05) is 26.0 Å². The number of benzene rings is 1. The highest BCUT2D eigenvalue weighted by molar-refractivity contribution is 6.41. The van der Waals surface area contributed by atoms with Crippen LogP contribution in [0.5, 0.6) is 0 Å². The summed E-state index contributed by atoms with van der Waals surface area (Å²) < 4.78 is 1.29. The fraction of sp³-hybridized carbons (Fsp3) is 0.312. The maximum absolute atomic E-state index is 12.1. The summed E-state index contributed by atoms with van der Waals surface area (Å²) in [6.07, 6.45) is 1.37. The molecular weight excluding hydrogens is 335 g/mol. The third-order valence-electron chi connectivity index (χ3n) is 3.46. The van der Waals surface area contributed by atoms with Crippen molar-refractivity contribution in [1.29, 1.82) is 5.26 Å². The summed E-state index contributed by atoms with van der Waals surface area (Å²) in [4.78, 5) is 14.2. The Morgan fingerprint density at radius 3 is 2.52 bits per heavy atom. The first kappa shape index (κ1) is 17.5. The van der Waals surface area contributed by atoms with Crippen LogP contribution in [0.2, 0.25) is 10.0 Å². The topological polar surface area (TPSA) is 61.9 Å². The van der Waals surface area contributed by atoms with Gasteiger partial charge in [0.1, 0.15) is 5.02 Å². The van der Waals surface area contributed by atoms with Gasteiger partial charge in [-0.2, -0.15) is 10.4 Å². The summed E-state index contributed by atoms with van der Waals surface area (Å²) in [7, 11) is 0. The van der Waals surface area contributed by atoms with Crippen LogP contribution in [0.3, 0.4) is 0 Å². The summed E-state index contributed by atoms with van der Waals surface area (Å²) >= 11 is 11.7. The number of aromatic nitrogens is 2. The molecule has 2 aromatic rings. The maximum atomic E-state index is 12.1. The van der Waals surface area contributed by atoms with E-state index in [1.54, 1.807) is 12.1 Å². The third kappa shape index (κ3) is 4.32. The fourth-order valence-electron chi connectivity index (χ4n) is 2.03. The smallest absolute Gasteiger partial charge is 0.278 e. The van der Waals surface area contributed by atoms with Gasteiger partial charge in [0.2, 0.25) is 0 Å². The first-order valence-electron chi connectivity index (χ1n) is 7.06. The molecule has 0 bridgehead atoms. The second kappa shape index (κ2) is 7.60. The molecule has 5 nitrogen and oxygen atoms in total. The molecule has 0 fully saturated rings. The van der Waals surface area contributed by atoms with E-state index in [1.165, 1.54) is 10.9 Å². The number of hydrogen-bond donors (Lipinski definition) is 0. The normalized spacial score (nSPS) is 11.0. The van der Waals surface area contributed by atoms with E-state index < -0.39 is 5.56 Å². The second-order valence-electron chi connectivity index (χ2n) is 5.40. The minimum Gasteiger partial charge on any atom is -0.278 e. The van der Waals surface area contributed by atoms with Crippen LogP contribution >= 0.6 is 23.2 Å². The third-order valence-corrected chi connectivity index (χ3v) is 4.21. The van der Waals surface area contributed by atoms with Crippen molar-refractivity contribution in [2.45, 2.75) is 33.1 Å². The van der Waals surface area contributed by atoms with Crippen molar-refractivity contribution in [3.63, 3.8) is 0 Å². The van der Waals surface area contributed by atoms with Crippen molar-refractivity contribution < 1.29 is 0 Å². The van der Waals surface area contributed by atoms with Gasteiger partial charge >= 0.3 is 0 Å². The summed E-state index contributed by atoms with van der Waals surface area (Å²) in [5.41, 5.74) is 1.25. The average molecular weight is 351 g/mol. The largest absolute Gasteiger partial charge is 0.288 e. The van der Waals surface area contributed by atoms with Crippen LogP contribution in [-0.4, -0.2) is 20.7 Å². The quantitative estimate of drug-likeness (QED) is 0.829. The van der Waals surface area contributed by atoms with Crippen LogP contribution in [0.4, 0.5) is 0 Å². The van der Waals surface area contributed by atoms with E-state index in [-0.39, 0.29) is 16.1 Å². The number of halogens is 2. The summed E-state index contributed by atoms with van der Waals surface area (Å²) in [6, 6.07) is 9.64. The van der Waals surface area contributed by atoms with E-state index in [9.17, 15) is 4.79 Å². The van der Waals surface area contributed by atoms with E-state index in [0.29, 0.717) is 18.8 Å². The van der Waals surface area contributed by atoms with Gasteiger partial charge in [0, 0.05) is 12.6 Å². The van der Waals surface area contributed by atoms with Gasteiger partial charge in [-0.25, -0.2) is 4.68 Å². The predicted molar refractivity (Wildman–Crippen MR) is 90.4 cm³/mol. The average Bonchev–Trinajstić information content (AvgIpc) is 2.55. The zero-order valence-electron chi connectivity index (χ0n) is 12.8. The number of nitrogens with zero attached hydrogens (tertiary/aromatic N) is 4. The number of rotatable bonds is 5. The van der Waals surface area contributed by atoms with Crippen molar-refractivity contribution in [2.75, 3.05) is 0 Å². The highest BCUT2D eigenvalue weighted by Gasteiger charge is 2.14. The first-order chi connectivity index (χ1) is 10.9. The van der Waals surface area contributed by atoms with Crippen molar-refractivity contribution in [3.8, 4) is 6.07 Å². The standard InChI is InChI=1S/C16H16Cl2N4O/c1-11(2)21(9-13-5-3-12(7-19)4-6-13)10-22-16(23)15(18)14(17)8-20-22/h3-6,8,11H,9-10H2,1-2H3. The van der Waals surface area contributed by atoms with E-state index in [2.05, 4.69) is 16.1 Å². The molecule has 0 amide bonds. The van der Waals surface area contributed by atoms with Gasteiger partial charge in [-0.3, -0.25) is 9.69 Å². The Morgan fingerprint density at radius 1 is 1.30 bits per heavy atom. The Bertz CT molecular complexity index is 778. The maximum Gasteiger partial charge on any atom is 0.288 e. The second-order valence-corrected chi connectivity index (χ2v) is 6.19. The molecule has 0 N–H and O–H groups in total. The van der Waals surface area contributed by atoms with Gasteiger partial charge in [-0.15, -0.1) is 0 Å². The zero-order valence-corrected chi connectivity index (χ0v) is 14.3. The van der Waals surface area contributed by atoms with Gasteiger partial charge in [0.15, 0.2) is 0 Å². The highest BCUT2D eigenvalue weighted by Crippen LogP contribution is 2.15. The number of hydrogen-bond acceptors (Lipinski definition) is 4. The van der Waals surface area contributed by atoms with Crippen LogP contribution in [0.15, 0.2) is 35.3 Å². The van der Waals surface area contributed by atoms with E-state index in [4.69, 9.17) is 28.5 Å². The van der Waals surface area contributed by atoms with Crippen LogP contribution in [0.25, 0.3) is 0 Å². The highest BCUT2D eigenvalue weighted by atomic mass is 35.5. The Hall–Kier alpha value is -1.87. The molecular formula is C16H16Cl2N4O. The molecule has 0 aliphatic rings. The lowest BCUT2D eigenvalue weighted by atomic mass is 10.1. The fourth-order valence-corrected chi connectivity index (χ4v) is 2.30. The summed E-state index contributed by atoms with van der Waals surface area (Å²) in [6.45, 7) is 4.99. The molecule has 0 spiro atoms. The molecule has 0 aliphatic carbocycles. The lowest BCUT2D eigenvalue weighted by Crippen LogP contribution is -2.37. The molecule has 0 unspecified atom stereocenters. The molecule has 1 aromatic carbocycles. The Kier molecular flexibility index (Phi) is 5.78. The Labute approximate surface area is 144 Å². The lowest BCUT2D eigenvalue weighted by molar-refractivity contribution is 0.151. The van der Waals surface area contributed by atoms with Crippen molar-refractivity contribution in [3.05, 3.63) is 62.0 Å². The molecule has 2 rings (SSSR count). The van der Waals surface area contributed by atoms with Gasteiger partial charge in [0.05, 0.1) is 29.5 Å². The van der Waals surface area contributed by atoms with E-state index in [0.717, 1.165) is 5.56 Å². The minimum atomic E-state index is -0.412.